The monoisotopic (exact) mass is 451 g/mol. The minimum Gasteiger partial charge on any atom is -0.495 e. The molecule has 0 atom stereocenters. The van der Waals surface area contributed by atoms with Gasteiger partial charge in [0.05, 0.1) is 18.5 Å². The second kappa shape index (κ2) is 10.9. The van der Waals surface area contributed by atoms with E-state index in [4.69, 9.17) is 4.74 Å². The van der Waals surface area contributed by atoms with Crippen molar-refractivity contribution in [3.63, 3.8) is 0 Å². The van der Waals surface area contributed by atoms with Crippen LogP contribution in [0.3, 0.4) is 0 Å². The maximum absolute atomic E-state index is 13.3. The SMILES string of the molecule is CCCN(CC(=O)Nc1ccccc1OC)C(=O)c1sc(-c2ccc(CC)cc2)nc1C. The van der Waals surface area contributed by atoms with Crippen LogP contribution in [0.1, 0.15) is 41.2 Å². The lowest BCUT2D eigenvalue weighted by atomic mass is 10.1. The summed E-state index contributed by atoms with van der Waals surface area (Å²) in [6.07, 6.45) is 1.72. The van der Waals surface area contributed by atoms with Gasteiger partial charge in [0.1, 0.15) is 22.2 Å². The van der Waals surface area contributed by atoms with Crippen LogP contribution in [-0.2, 0) is 11.2 Å². The van der Waals surface area contributed by atoms with Crippen LogP contribution in [0.25, 0.3) is 10.6 Å². The largest absolute Gasteiger partial charge is 0.495 e. The first-order chi connectivity index (χ1) is 15.5. The van der Waals surface area contributed by atoms with Crippen molar-refractivity contribution in [2.24, 2.45) is 0 Å². The fourth-order valence-corrected chi connectivity index (χ4v) is 4.42. The number of aromatic nitrogens is 1. The average molecular weight is 452 g/mol. The zero-order valence-corrected chi connectivity index (χ0v) is 19.8. The highest BCUT2D eigenvalue weighted by atomic mass is 32.1. The number of nitrogens with one attached hydrogen (secondary N) is 1. The second-order valence-electron chi connectivity index (χ2n) is 7.46. The number of thiazole rings is 1. The summed E-state index contributed by atoms with van der Waals surface area (Å²) in [5.41, 5.74) is 3.51. The Balaban J connectivity index is 1.77. The number of ether oxygens (including phenoxy) is 1. The topological polar surface area (TPSA) is 71.5 Å². The first-order valence-electron chi connectivity index (χ1n) is 10.8. The number of rotatable bonds is 9. The van der Waals surface area contributed by atoms with Crippen LogP contribution in [0.5, 0.6) is 5.75 Å². The summed E-state index contributed by atoms with van der Waals surface area (Å²) in [6, 6.07) is 15.4. The smallest absolute Gasteiger partial charge is 0.266 e. The van der Waals surface area contributed by atoms with Crippen molar-refractivity contribution in [2.45, 2.75) is 33.6 Å². The molecule has 7 heteroatoms. The Labute approximate surface area is 193 Å². The van der Waals surface area contributed by atoms with E-state index in [1.54, 1.807) is 24.1 Å². The Morgan fingerprint density at radius 2 is 1.81 bits per heavy atom. The van der Waals surface area contributed by atoms with E-state index < -0.39 is 0 Å². The lowest BCUT2D eigenvalue weighted by Gasteiger charge is -2.21. The molecule has 0 radical (unpaired) electrons. The number of amides is 2. The minimum atomic E-state index is -0.270. The number of hydrogen-bond acceptors (Lipinski definition) is 5. The maximum atomic E-state index is 13.3. The zero-order valence-electron chi connectivity index (χ0n) is 19.0. The maximum Gasteiger partial charge on any atom is 0.266 e. The van der Waals surface area contributed by atoms with Crippen LogP contribution >= 0.6 is 11.3 Å². The summed E-state index contributed by atoms with van der Waals surface area (Å²) >= 11 is 1.37. The van der Waals surface area contributed by atoms with Crippen LogP contribution in [0, 0.1) is 6.92 Å². The Morgan fingerprint density at radius 3 is 2.47 bits per heavy atom. The number of methoxy groups -OCH3 is 1. The second-order valence-corrected chi connectivity index (χ2v) is 8.46. The fourth-order valence-electron chi connectivity index (χ4n) is 3.38. The first kappa shape index (κ1) is 23.5. The van der Waals surface area contributed by atoms with Crippen molar-refractivity contribution in [2.75, 3.05) is 25.5 Å². The highest BCUT2D eigenvalue weighted by molar-refractivity contribution is 7.17. The average Bonchev–Trinajstić information content (AvgIpc) is 3.20. The predicted octanol–water partition coefficient (Wildman–Crippen LogP) is 5.18. The third-order valence-electron chi connectivity index (χ3n) is 5.10. The highest BCUT2D eigenvalue weighted by Crippen LogP contribution is 2.29. The van der Waals surface area contributed by atoms with Gasteiger partial charge in [-0.25, -0.2) is 4.98 Å². The van der Waals surface area contributed by atoms with Crippen molar-refractivity contribution in [3.05, 3.63) is 64.7 Å². The molecule has 3 rings (SSSR count). The van der Waals surface area contributed by atoms with Crippen LogP contribution in [0.4, 0.5) is 5.69 Å². The highest BCUT2D eigenvalue weighted by Gasteiger charge is 2.24. The number of benzene rings is 2. The summed E-state index contributed by atoms with van der Waals surface area (Å²) < 4.78 is 5.29. The number of carbonyl (C=O) groups is 2. The van der Waals surface area contributed by atoms with Gasteiger partial charge in [-0.15, -0.1) is 11.3 Å². The van der Waals surface area contributed by atoms with Crippen molar-refractivity contribution in [1.82, 2.24) is 9.88 Å². The van der Waals surface area contributed by atoms with Gasteiger partial charge < -0.3 is 15.0 Å². The van der Waals surface area contributed by atoms with Gasteiger partial charge in [0.2, 0.25) is 5.91 Å². The van der Waals surface area contributed by atoms with E-state index in [0.29, 0.717) is 28.6 Å². The summed E-state index contributed by atoms with van der Waals surface area (Å²) in [6.45, 7) is 6.38. The summed E-state index contributed by atoms with van der Waals surface area (Å²) in [5, 5.41) is 3.65. The van der Waals surface area contributed by atoms with Crippen molar-refractivity contribution in [1.29, 1.82) is 0 Å². The molecule has 0 aliphatic rings. The molecule has 1 heterocycles. The number of hydrogen-bond donors (Lipinski definition) is 1. The predicted molar refractivity (Wildman–Crippen MR) is 129 cm³/mol. The zero-order chi connectivity index (χ0) is 23.1. The molecule has 0 aliphatic carbocycles. The lowest BCUT2D eigenvalue weighted by molar-refractivity contribution is -0.116. The van der Waals surface area contributed by atoms with E-state index in [1.807, 2.05) is 38.1 Å². The van der Waals surface area contributed by atoms with Gasteiger partial charge in [-0.1, -0.05) is 50.2 Å². The van der Waals surface area contributed by atoms with Gasteiger partial charge in [-0.2, -0.15) is 0 Å². The summed E-state index contributed by atoms with van der Waals surface area (Å²) in [4.78, 5) is 32.8. The Morgan fingerprint density at radius 1 is 1.09 bits per heavy atom. The molecular weight excluding hydrogens is 422 g/mol. The Kier molecular flexibility index (Phi) is 8.00. The summed E-state index contributed by atoms with van der Waals surface area (Å²) in [7, 11) is 1.55. The molecule has 2 aromatic carbocycles. The van der Waals surface area contributed by atoms with E-state index in [-0.39, 0.29) is 18.4 Å². The number of aryl methyl sites for hydroxylation is 2. The number of carbonyl (C=O) groups excluding carboxylic acids is 2. The Hall–Kier alpha value is -3.19. The van der Waals surface area contributed by atoms with E-state index in [2.05, 4.69) is 29.4 Å². The first-order valence-corrected chi connectivity index (χ1v) is 11.6. The van der Waals surface area contributed by atoms with Crippen LogP contribution in [0.15, 0.2) is 48.5 Å². The molecule has 2 amide bonds. The van der Waals surface area contributed by atoms with Gasteiger partial charge in [0.25, 0.3) is 5.91 Å². The molecule has 0 saturated carbocycles. The molecule has 1 aromatic heterocycles. The molecule has 0 unspecified atom stereocenters. The third-order valence-corrected chi connectivity index (χ3v) is 6.29. The van der Waals surface area contributed by atoms with E-state index in [0.717, 1.165) is 23.4 Å². The molecule has 32 heavy (non-hydrogen) atoms. The molecule has 168 valence electrons. The van der Waals surface area contributed by atoms with E-state index >= 15 is 0 Å². The van der Waals surface area contributed by atoms with Crippen molar-refractivity contribution in [3.8, 4) is 16.3 Å². The minimum absolute atomic E-state index is 0.0391. The molecular formula is C25H29N3O3S. The van der Waals surface area contributed by atoms with Gasteiger partial charge >= 0.3 is 0 Å². The number of para-hydroxylation sites is 2. The summed E-state index contributed by atoms with van der Waals surface area (Å²) in [5.74, 6) is 0.133. The third kappa shape index (κ3) is 5.53. The molecule has 6 nitrogen and oxygen atoms in total. The number of anilines is 1. The van der Waals surface area contributed by atoms with Crippen LogP contribution < -0.4 is 10.1 Å². The van der Waals surface area contributed by atoms with E-state index in [9.17, 15) is 9.59 Å². The molecule has 0 bridgehead atoms. The van der Waals surface area contributed by atoms with Gasteiger partial charge in [-0.3, -0.25) is 9.59 Å². The molecule has 0 aliphatic heterocycles. The molecule has 0 saturated heterocycles. The molecule has 0 spiro atoms. The standard InChI is InChI=1S/C25H29N3O3S/c1-5-15-28(16-22(29)27-20-9-7-8-10-21(20)31-4)25(30)23-17(3)26-24(32-23)19-13-11-18(6-2)12-14-19/h7-14H,5-6,15-16H2,1-4H3,(H,27,29). The van der Waals surface area contributed by atoms with Crippen molar-refractivity contribution < 1.29 is 14.3 Å². The van der Waals surface area contributed by atoms with Crippen LogP contribution in [-0.4, -0.2) is 41.9 Å². The van der Waals surface area contributed by atoms with Crippen LogP contribution in [0.2, 0.25) is 0 Å². The normalized spacial score (nSPS) is 10.6. The molecule has 0 fully saturated rings. The van der Waals surface area contributed by atoms with Gasteiger partial charge in [0.15, 0.2) is 0 Å². The molecule has 1 N–H and O–H groups in total. The lowest BCUT2D eigenvalue weighted by Crippen LogP contribution is -2.38. The van der Waals surface area contributed by atoms with Gasteiger partial charge in [0, 0.05) is 12.1 Å². The van der Waals surface area contributed by atoms with E-state index in [1.165, 1.54) is 16.9 Å². The fraction of sp³-hybridized carbons (Fsp3) is 0.320. The number of nitrogens with zero attached hydrogens (tertiary/aromatic N) is 2. The molecule has 3 aromatic rings. The van der Waals surface area contributed by atoms with Gasteiger partial charge in [-0.05, 0) is 37.5 Å². The quantitative estimate of drug-likeness (QED) is 0.487. The van der Waals surface area contributed by atoms with Crippen molar-refractivity contribution >= 4 is 28.8 Å². The Bertz CT molecular complexity index is 1080.